The maximum absolute atomic E-state index is 12.0. The zero-order valence-corrected chi connectivity index (χ0v) is 10.4. The highest BCUT2D eigenvalue weighted by molar-refractivity contribution is 7.89. The molecule has 5 nitrogen and oxygen atoms in total. The van der Waals surface area contributed by atoms with Gasteiger partial charge in [-0.3, -0.25) is 4.79 Å². The second-order valence-corrected chi connectivity index (χ2v) is 6.74. The van der Waals surface area contributed by atoms with Crippen LogP contribution in [-0.4, -0.2) is 42.1 Å². The van der Waals surface area contributed by atoms with Crippen molar-refractivity contribution < 1.29 is 18.3 Å². The highest BCUT2D eigenvalue weighted by Gasteiger charge is 2.51. The average Bonchev–Trinajstić information content (AvgIpc) is 2.74. The number of carboxylic acids is 1. The molecule has 1 saturated carbocycles. The van der Waals surface area contributed by atoms with Gasteiger partial charge >= 0.3 is 5.97 Å². The number of hydrogen-bond acceptors (Lipinski definition) is 3. The Balaban J connectivity index is 2.29. The summed E-state index contributed by atoms with van der Waals surface area (Å²) in [5.41, 5.74) is 0. The molecule has 0 radical (unpaired) electrons. The van der Waals surface area contributed by atoms with Gasteiger partial charge in [0.1, 0.15) is 6.04 Å². The van der Waals surface area contributed by atoms with Gasteiger partial charge in [0, 0.05) is 6.54 Å². The lowest BCUT2D eigenvalue weighted by Gasteiger charge is -2.23. The molecule has 96 valence electrons. The summed E-state index contributed by atoms with van der Waals surface area (Å²) >= 11 is 0. The van der Waals surface area contributed by atoms with Crippen LogP contribution < -0.4 is 0 Å². The van der Waals surface area contributed by atoms with E-state index in [0.717, 1.165) is 19.3 Å². The number of carboxylic acid groups (broad SMARTS) is 1. The number of nitrogens with zero attached hydrogens (tertiary/aromatic N) is 1. The molecule has 0 spiro atoms. The Morgan fingerprint density at radius 1 is 1.47 bits per heavy atom. The van der Waals surface area contributed by atoms with E-state index in [-0.39, 0.29) is 17.6 Å². The molecule has 1 heterocycles. The quantitative estimate of drug-likeness (QED) is 0.754. The molecule has 1 aliphatic heterocycles. The monoisotopic (exact) mass is 259 g/mol. The molecule has 0 amide bonds. The van der Waals surface area contributed by atoms with Crippen molar-refractivity contribution in [2.45, 2.75) is 25.3 Å². The Kier molecular flexibility index (Phi) is 3.27. The molecule has 2 rings (SSSR count). The third-order valence-corrected chi connectivity index (χ3v) is 5.53. The highest BCUT2D eigenvalue weighted by atomic mass is 32.2. The number of fused-ring (bicyclic) bond motifs is 1. The molecule has 1 aliphatic carbocycles. The Labute approximate surface area is 101 Å². The first kappa shape index (κ1) is 12.6. The number of hydrogen-bond donors (Lipinski definition) is 1. The maximum Gasteiger partial charge on any atom is 0.322 e. The van der Waals surface area contributed by atoms with Crippen molar-refractivity contribution in [3.05, 3.63) is 12.7 Å². The first-order valence-electron chi connectivity index (χ1n) is 5.80. The fraction of sp³-hybridized carbons (Fsp3) is 0.727. The lowest BCUT2D eigenvalue weighted by molar-refractivity contribution is -0.142. The van der Waals surface area contributed by atoms with Crippen molar-refractivity contribution in [1.29, 1.82) is 0 Å². The first-order valence-corrected chi connectivity index (χ1v) is 7.41. The van der Waals surface area contributed by atoms with Crippen molar-refractivity contribution in [3.8, 4) is 0 Å². The zero-order valence-electron chi connectivity index (χ0n) is 9.58. The van der Waals surface area contributed by atoms with Crippen LogP contribution >= 0.6 is 0 Å². The van der Waals surface area contributed by atoms with E-state index in [1.54, 1.807) is 0 Å². The molecule has 3 atom stereocenters. The van der Waals surface area contributed by atoms with Gasteiger partial charge in [-0.1, -0.05) is 12.5 Å². The summed E-state index contributed by atoms with van der Waals surface area (Å²) in [4.78, 5) is 11.3. The smallest absolute Gasteiger partial charge is 0.322 e. The summed E-state index contributed by atoms with van der Waals surface area (Å²) in [6.45, 7) is 3.77. The van der Waals surface area contributed by atoms with E-state index in [2.05, 4.69) is 6.58 Å². The second-order valence-electron chi connectivity index (χ2n) is 4.77. The lowest BCUT2D eigenvalue weighted by atomic mass is 9.94. The summed E-state index contributed by atoms with van der Waals surface area (Å²) in [6, 6.07) is -0.868. The minimum atomic E-state index is -3.51. The molecule has 17 heavy (non-hydrogen) atoms. The van der Waals surface area contributed by atoms with Crippen LogP contribution in [0.4, 0.5) is 0 Å². The van der Waals surface area contributed by atoms with Crippen LogP contribution in [0.25, 0.3) is 0 Å². The molecular weight excluding hydrogens is 242 g/mol. The molecule has 3 unspecified atom stereocenters. The van der Waals surface area contributed by atoms with Gasteiger partial charge in [-0.15, -0.1) is 6.58 Å². The third-order valence-electron chi connectivity index (χ3n) is 3.79. The van der Waals surface area contributed by atoms with Crippen molar-refractivity contribution in [2.24, 2.45) is 11.8 Å². The maximum atomic E-state index is 12.0. The fourth-order valence-corrected chi connectivity index (χ4v) is 4.60. The van der Waals surface area contributed by atoms with Crippen LogP contribution in [0.15, 0.2) is 12.7 Å². The molecule has 0 aromatic carbocycles. The summed E-state index contributed by atoms with van der Waals surface area (Å²) in [5.74, 6) is -0.995. The van der Waals surface area contributed by atoms with Crippen LogP contribution in [-0.2, 0) is 14.8 Å². The molecule has 2 fully saturated rings. The van der Waals surface area contributed by atoms with E-state index in [1.807, 2.05) is 0 Å². The summed E-state index contributed by atoms with van der Waals surface area (Å²) in [5, 5.41) is 9.23. The van der Waals surface area contributed by atoms with Crippen molar-refractivity contribution in [2.75, 3.05) is 12.3 Å². The van der Waals surface area contributed by atoms with Gasteiger partial charge in [-0.25, -0.2) is 8.42 Å². The van der Waals surface area contributed by atoms with E-state index >= 15 is 0 Å². The van der Waals surface area contributed by atoms with Gasteiger partial charge in [0.25, 0.3) is 0 Å². The number of rotatable bonds is 4. The topological polar surface area (TPSA) is 74.7 Å². The standard InChI is InChI=1S/C11H17NO4S/c1-2-6-17(15,16)12-7-8-4-3-5-9(8)10(12)11(13)14/h2,8-10H,1,3-7H2,(H,13,14). The molecule has 1 N–H and O–H groups in total. The third kappa shape index (κ3) is 2.11. The van der Waals surface area contributed by atoms with Gasteiger partial charge in [0.2, 0.25) is 10.0 Å². The predicted molar refractivity (Wildman–Crippen MR) is 62.9 cm³/mol. The van der Waals surface area contributed by atoms with Gasteiger partial charge in [0.15, 0.2) is 0 Å². The SMILES string of the molecule is C=CCS(=O)(=O)N1CC2CCCC2C1C(=O)O. The van der Waals surface area contributed by atoms with Crippen LogP contribution in [0.1, 0.15) is 19.3 Å². The normalized spacial score (nSPS) is 33.5. The van der Waals surface area contributed by atoms with Gasteiger partial charge in [-0.05, 0) is 24.7 Å². The molecule has 0 aromatic heterocycles. The first-order chi connectivity index (χ1) is 7.97. The average molecular weight is 259 g/mol. The van der Waals surface area contributed by atoms with Gasteiger partial charge < -0.3 is 5.11 Å². The van der Waals surface area contributed by atoms with Crippen molar-refractivity contribution in [3.63, 3.8) is 0 Å². The van der Waals surface area contributed by atoms with Crippen LogP contribution in [0, 0.1) is 11.8 Å². The van der Waals surface area contributed by atoms with E-state index in [1.165, 1.54) is 10.4 Å². The van der Waals surface area contributed by atoms with Crippen LogP contribution in [0.5, 0.6) is 0 Å². The van der Waals surface area contributed by atoms with Crippen molar-refractivity contribution in [1.82, 2.24) is 4.31 Å². The Hall–Kier alpha value is -0.880. The zero-order chi connectivity index (χ0) is 12.6. The largest absolute Gasteiger partial charge is 0.480 e. The molecule has 0 aromatic rings. The Morgan fingerprint density at radius 2 is 2.18 bits per heavy atom. The molecule has 6 heteroatoms. The predicted octanol–water partition coefficient (Wildman–Crippen LogP) is 0.687. The summed E-state index contributed by atoms with van der Waals surface area (Å²) < 4.78 is 25.1. The molecular formula is C11H17NO4S. The summed E-state index contributed by atoms with van der Waals surface area (Å²) in [6.07, 6.45) is 4.08. The van der Waals surface area contributed by atoms with Crippen LogP contribution in [0.3, 0.4) is 0 Å². The van der Waals surface area contributed by atoms with Gasteiger partial charge in [0.05, 0.1) is 5.75 Å². The molecule has 1 saturated heterocycles. The van der Waals surface area contributed by atoms with E-state index in [4.69, 9.17) is 0 Å². The summed E-state index contributed by atoms with van der Waals surface area (Å²) in [7, 11) is -3.51. The van der Waals surface area contributed by atoms with E-state index < -0.39 is 22.0 Å². The minimum absolute atomic E-state index is 0.00732. The molecule has 2 aliphatic rings. The minimum Gasteiger partial charge on any atom is -0.480 e. The Morgan fingerprint density at radius 3 is 2.76 bits per heavy atom. The lowest BCUT2D eigenvalue weighted by Crippen LogP contribution is -2.43. The Bertz CT molecular complexity index is 431. The highest BCUT2D eigenvalue weighted by Crippen LogP contribution is 2.43. The number of carbonyl (C=O) groups is 1. The molecule has 0 bridgehead atoms. The fourth-order valence-electron chi connectivity index (χ4n) is 3.10. The van der Waals surface area contributed by atoms with Gasteiger partial charge in [-0.2, -0.15) is 4.31 Å². The number of aliphatic carboxylic acids is 1. The van der Waals surface area contributed by atoms with E-state index in [0.29, 0.717) is 6.54 Å². The van der Waals surface area contributed by atoms with Crippen LogP contribution in [0.2, 0.25) is 0 Å². The second kappa shape index (κ2) is 4.42. The van der Waals surface area contributed by atoms with Crippen molar-refractivity contribution >= 4 is 16.0 Å². The number of sulfonamides is 1. The van der Waals surface area contributed by atoms with E-state index in [9.17, 15) is 18.3 Å².